The summed E-state index contributed by atoms with van der Waals surface area (Å²) in [5, 5.41) is 0. The maximum absolute atomic E-state index is 12.7. The molecule has 2 unspecified atom stereocenters. The maximum atomic E-state index is 12.7. The van der Waals surface area contributed by atoms with Crippen LogP contribution in [0.5, 0.6) is 0 Å². The smallest absolute Gasteiger partial charge is 0.184 e. The SMILES string of the molecule is O=C(c1ccc(F)cn1)C1CC1c1ccccc1. The van der Waals surface area contributed by atoms with Crippen LogP contribution in [0, 0.1) is 11.7 Å². The highest BCUT2D eigenvalue weighted by atomic mass is 19.1. The van der Waals surface area contributed by atoms with E-state index in [2.05, 4.69) is 4.98 Å². The van der Waals surface area contributed by atoms with Crippen molar-refractivity contribution in [3.05, 3.63) is 65.7 Å². The molecule has 0 spiro atoms. The maximum Gasteiger partial charge on any atom is 0.184 e. The number of nitrogens with zero attached hydrogens (tertiary/aromatic N) is 1. The van der Waals surface area contributed by atoms with Crippen LogP contribution in [0.4, 0.5) is 4.39 Å². The van der Waals surface area contributed by atoms with Crippen molar-refractivity contribution in [2.24, 2.45) is 5.92 Å². The fourth-order valence-electron chi connectivity index (χ4n) is 2.26. The van der Waals surface area contributed by atoms with Gasteiger partial charge in [-0.25, -0.2) is 4.39 Å². The number of hydrogen-bond donors (Lipinski definition) is 0. The molecule has 1 saturated carbocycles. The van der Waals surface area contributed by atoms with Gasteiger partial charge in [-0.1, -0.05) is 30.3 Å². The number of aromatic nitrogens is 1. The van der Waals surface area contributed by atoms with Crippen molar-refractivity contribution < 1.29 is 9.18 Å². The molecule has 1 heterocycles. The predicted octanol–water partition coefficient (Wildman–Crippen LogP) is 3.21. The molecule has 0 radical (unpaired) electrons. The van der Waals surface area contributed by atoms with Crippen LogP contribution in [0.2, 0.25) is 0 Å². The molecule has 90 valence electrons. The normalized spacial score (nSPS) is 21.6. The van der Waals surface area contributed by atoms with Gasteiger partial charge in [-0.3, -0.25) is 9.78 Å². The van der Waals surface area contributed by atoms with Crippen LogP contribution < -0.4 is 0 Å². The van der Waals surface area contributed by atoms with Gasteiger partial charge in [-0.2, -0.15) is 0 Å². The van der Waals surface area contributed by atoms with Gasteiger partial charge in [0.15, 0.2) is 5.78 Å². The molecular formula is C15H12FNO. The Bertz CT molecular complexity index is 565. The fraction of sp³-hybridized carbons (Fsp3) is 0.200. The molecule has 2 nitrogen and oxygen atoms in total. The molecule has 0 aliphatic heterocycles. The summed E-state index contributed by atoms with van der Waals surface area (Å²) < 4.78 is 12.7. The number of hydrogen-bond acceptors (Lipinski definition) is 2. The molecule has 18 heavy (non-hydrogen) atoms. The number of benzene rings is 1. The summed E-state index contributed by atoms with van der Waals surface area (Å²) in [5.41, 5.74) is 1.55. The fourth-order valence-corrected chi connectivity index (χ4v) is 2.26. The molecule has 2 aromatic rings. The van der Waals surface area contributed by atoms with Crippen LogP contribution in [0.25, 0.3) is 0 Å². The van der Waals surface area contributed by atoms with Crippen LogP contribution in [-0.2, 0) is 0 Å². The summed E-state index contributed by atoms with van der Waals surface area (Å²) in [6.45, 7) is 0. The lowest BCUT2D eigenvalue weighted by Gasteiger charge is -2.00. The summed E-state index contributed by atoms with van der Waals surface area (Å²) >= 11 is 0. The van der Waals surface area contributed by atoms with Crippen molar-refractivity contribution in [1.29, 1.82) is 0 Å². The lowest BCUT2D eigenvalue weighted by molar-refractivity contribution is 0.0960. The molecule has 1 aliphatic carbocycles. The van der Waals surface area contributed by atoms with E-state index < -0.39 is 5.82 Å². The molecule has 0 saturated heterocycles. The summed E-state index contributed by atoms with van der Waals surface area (Å²) in [7, 11) is 0. The average molecular weight is 241 g/mol. The molecule has 1 fully saturated rings. The van der Waals surface area contributed by atoms with Gasteiger partial charge in [0.25, 0.3) is 0 Å². The quantitative estimate of drug-likeness (QED) is 0.772. The zero-order valence-electron chi connectivity index (χ0n) is 9.71. The first-order valence-corrected chi connectivity index (χ1v) is 5.96. The predicted molar refractivity (Wildman–Crippen MR) is 65.8 cm³/mol. The van der Waals surface area contributed by atoms with Gasteiger partial charge in [0, 0.05) is 5.92 Å². The third-order valence-corrected chi connectivity index (χ3v) is 3.33. The molecule has 0 amide bonds. The van der Waals surface area contributed by atoms with E-state index >= 15 is 0 Å². The van der Waals surface area contributed by atoms with Gasteiger partial charge in [0.1, 0.15) is 11.5 Å². The molecule has 1 aliphatic rings. The van der Waals surface area contributed by atoms with E-state index in [1.54, 1.807) is 0 Å². The first-order valence-electron chi connectivity index (χ1n) is 5.96. The number of carbonyl (C=O) groups is 1. The Morgan fingerprint density at radius 1 is 1.17 bits per heavy atom. The van der Waals surface area contributed by atoms with Crippen molar-refractivity contribution in [3.8, 4) is 0 Å². The lowest BCUT2D eigenvalue weighted by Crippen LogP contribution is -2.05. The molecule has 0 bridgehead atoms. The third-order valence-electron chi connectivity index (χ3n) is 3.33. The van der Waals surface area contributed by atoms with Crippen LogP contribution in [0.3, 0.4) is 0 Å². The van der Waals surface area contributed by atoms with Gasteiger partial charge in [0.05, 0.1) is 6.20 Å². The lowest BCUT2D eigenvalue weighted by atomic mass is 10.1. The van der Waals surface area contributed by atoms with Crippen LogP contribution in [0.15, 0.2) is 48.7 Å². The molecule has 2 atom stereocenters. The Balaban J connectivity index is 1.75. The van der Waals surface area contributed by atoms with E-state index in [9.17, 15) is 9.18 Å². The van der Waals surface area contributed by atoms with E-state index in [4.69, 9.17) is 0 Å². The highest BCUT2D eigenvalue weighted by molar-refractivity contribution is 5.98. The summed E-state index contributed by atoms with van der Waals surface area (Å²) in [6.07, 6.45) is 1.95. The molecule has 3 heteroatoms. The number of Topliss-reactive ketones (excluding diaryl/α,β-unsaturated/α-hetero) is 1. The zero-order chi connectivity index (χ0) is 12.5. The van der Waals surface area contributed by atoms with Crippen molar-refractivity contribution in [3.63, 3.8) is 0 Å². The van der Waals surface area contributed by atoms with Crippen molar-refractivity contribution in [2.75, 3.05) is 0 Å². The first kappa shape index (κ1) is 11.1. The highest BCUT2D eigenvalue weighted by Gasteiger charge is 2.44. The minimum atomic E-state index is -0.415. The summed E-state index contributed by atoms with van der Waals surface area (Å²) in [5.74, 6) is -0.0956. The Morgan fingerprint density at radius 3 is 2.61 bits per heavy atom. The largest absolute Gasteiger partial charge is 0.292 e. The standard InChI is InChI=1S/C15H12FNO/c16-11-6-7-14(17-9-11)15(18)13-8-12(13)10-4-2-1-3-5-10/h1-7,9,12-13H,8H2. The van der Waals surface area contributed by atoms with E-state index in [1.807, 2.05) is 30.3 Å². The number of pyridine rings is 1. The van der Waals surface area contributed by atoms with E-state index in [0.29, 0.717) is 11.6 Å². The topological polar surface area (TPSA) is 30.0 Å². The minimum Gasteiger partial charge on any atom is -0.292 e. The number of carbonyl (C=O) groups excluding carboxylic acids is 1. The molecule has 1 aromatic heterocycles. The minimum absolute atomic E-state index is 0.00496. The van der Waals surface area contributed by atoms with Gasteiger partial charge >= 0.3 is 0 Å². The van der Waals surface area contributed by atoms with Gasteiger partial charge in [-0.05, 0) is 30.0 Å². The monoisotopic (exact) mass is 241 g/mol. The average Bonchev–Trinajstić information content (AvgIpc) is 3.20. The summed E-state index contributed by atoms with van der Waals surface area (Å²) in [4.78, 5) is 16.0. The highest BCUT2D eigenvalue weighted by Crippen LogP contribution is 2.48. The zero-order valence-corrected chi connectivity index (χ0v) is 9.71. The van der Waals surface area contributed by atoms with Crippen LogP contribution in [0.1, 0.15) is 28.4 Å². The second kappa shape index (κ2) is 4.33. The Kier molecular flexibility index (Phi) is 2.67. The molecule has 3 rings (SSSR count). The van der Waals surface area contributed by atoms with E-state index in [1.165, 1.54) is 17.7 Å². The van der Waals surface area contributed by atoms with Gasteiger partial charge in [-0.15, -0.1) is 0 Å². The second-order valence-electron chi connectivity index (χ2n) is 4.59. The Morgan fingerprint density at radius 2 is 1.94 bits per heavy atom. The number of rotatable bonds is 3. The Hall–Kier alpha value is -2.03. The van der Waals surface area contributed by atoms with Crippen molar-refractivity contribution in [1.82, 2.24) is 4.98 Å². The summed E-state index contributed by atoms with van der Waals surface area (Å²) in [6, 6.07) is 12.7. The third kappa shape index (κ3) is 2.04. The van der Waals surface area contributed by atoms with Crippen LogP contribution >= 0.6 is 0 Å². The van der Waals surface area contributed by atoms with Crippen molar-refractivity contribution >= 4 is 5.78 Å². The molecule has 0 N–H and O–H groups in total. The van der Waals surface area contributed by atoms with E-state index in [0.717, 1.165) is 12.6 Å². The van der Waals surface area contributed by atoms with Crippen LogP contribution in [-0.4, -0.2) is 10.8 Å². The second-order valence-corrected chi connectivity index (χ2v) is 4.59. The number of halogens is 1. The van der Waals surface area contributed by atoms with Crippen molar-refractivity contribution in [2.45, 2.75) is 12.3 Å². The first-order chi connectivity index (χ1) is 8.75. The number of ketones is 1. The molecule has 1 aromatic carbocycles. The molecular weight excluding hydrogens is 229 g/mol. The Labute approximate surface area is 104 Å². The van der Waals surface area contributed by atoms with Gasteiger partial charge < -0.3 is 0 Å². The van der Waals surface area contributed by atoms with Gasteiger partial charge in [0.2, 0.25) is 0 Å². The van der Waals surface area contributed by atoms with E-state index in [-0.39, 0.29) is 11.7 Å².